The molecule has 2 rings (SSSR count). The molecule has 1 aromatic rings. The Balaban J connectivity index is 1.88. The van der Waals surface area contributed by atoms with E-state index in [1.54, 1.807) is 12.1 Å². The summed E-state index contributed by atoms with van der Waals surface area (Å²) in [4.78, 5) is 0. The van der Waals surface area contributed by atoms with Gasteiger partial charge in [-0.2, -0.15) is 5.26 Å². The molecule has 0 heterocycles. The summed E-state index contributed by atoms with van der Waals surface area (Å²) in [6.45, 7) is 0.711. The monoisotopic (exact) mass is 232 g/mol. The van der Waals surface area contributed by atoms with Crippen LogP contribution in [0.15, 0.2) is 24.3 Å². The second-order valence-electron chi connectivity index (χ2n) is 4.63. The standard InChI is InChI=1S/C14H17FN2/c15-13-7-5-11(6-8-13)10-17-14-4-2-1-3-12(14)9-16/h5-8,12,14,17H,1-4,10H2. The molecule has 2 nitrogen and oxygen atoms in total. The predicted molar refractivity (Wildman–Crippen MR) is 64.6 cm³/mol. The van der Waals surface area contributed by atoms with Gasteiger partial charge >= 0.3 is 0 Å². The van der Waals surface area contributed by atoms with Crippen LogP contribution in [0.5, 0.6) is 0 Å². The number of rotatable bonds is 3. The van der Waals surface area contributed by atoms with Crippen LogP contribution in [-0.2, 0) is 6.54 Å². The van der Waals surface area contributed by atoms with Gasteiger partial charge in [0.1, 0.15) is 5.82 Å². The van der Waals surface area contributed by atoms with Crippen LogP contribution < -0.4 is 5.32 Å². The maximum Gasteiger partial charge on any atom is 0.123 e. The van der Waals surface area contributed by atoms with E-state index in [0.717, 1.165) is 24.8 Å². The Kier molecular flexibility index (Phi) is 4.11. The summed E-state index contributed by atoms with van der Waals surface area (Å²) < 4.78 is 12.7. The summed E-state index contributed by atoms with van der Waals surface area (Å²) in [5.41, 5.74) is 1.06. The summed E-state index contributed by atoms with van der Waals surface area (Å²) in [6, 6.07) is 9.18. The second-order valence-corrected chi connectivity index (χ2v) is 4.63. The summed E-state index contributed by atoms with van der Waals surface area (Å²) in [5, 5.41) is 12.5. The van der Waals surface area contributed by atoms with Crippen molar-refractivity contribution in [3.63, 3.8) is 0 Å². The summed E-state index contributed by atoms with van der Waals surface area (Å²) in [7, 11) is 0. The Bertz CT molecular complexity index is 394. The number of nitrogens with zero attached hydrogens (tertiary/aromatic N) is 1. The lowest BCUT2D eigenvalue weighted by molar-refractivity contribution is 0.311. The van der Waals surface area contributed by atoms with Crippen molar-refractivity contribution in [1.29, 1.82) is 5.26 Å². The minimum Gasteiger partial charge on any atom is -0.309 e. The molecule has 1 saturated carbocycles. The molecule has 1 aromatic carbocycles. The quantitative estimate of drug-likeness (QED) is 0.869. The number of nitrogens with one attached hydrogen (secondary N) is 1. The molecule has 0 amide bonds. The zero-order chi connectivity index (χ0) is 12.1. The largest absolute Gasteiger partial charge is 0.309 e. The number of benzene rings is 1. The fourth-order valence-electron chi connectivity index (χ4n) is 2.38. The van der Waals surface area contributed by atoms with Gasteiger partial charge in [0.05, 0.1) is 12.0 Å². The molecule has 1 fully saturated rings. The molecule has 0 radical (unpaired) electrons. The molecule has 0 bridgehead atoms. The first-order valence-electron chi connectivity index (χ1n) is 6.17. The number of nitriles is 1. The van der Waals surface area contributed by atoms with Crippen LogP contribution in [0.4, 0.5) is 4.39 Å². The van der Waals surface area contributed by atoms with Crippen LogP contribution in [0.2, 0.25) is 0 Å². The molecule has 1 aliphatic rings. The third kappa shape index (κ3) is 3.28. The first-order valence-corrected chi connectivity index (χ1v) is 6.17. The van der Waals surface area contributed by atoms with Gasteiger partial charge in [0.15, 0.2) is 0 Å². The molecule has 0 aromatic heterocycles. The lowest BCUT2D eigenvalue weighted by Crippen LogP contribution is -2.37. The molecular weight excluding hydrogens is 215 g/mol. The Morgan fingerprint density at radius 1 is 1.24 bits per heavy atom. The minimum absolute atomic E-state index is 0.129. The molecule has 3 heteroatoms. The van der Waals surface area contributed by atoms with E-state index in [1.165, 1.54) is 18.6 Å². The van der Waals surface area contributed by atoms with Crippen LogP contribution >= 0.6 is 0 Å². The van der Waals surface area contributed by atoms with Crippen molar-refractivity contribution in [1.82, 2.24) is 5.32 Å². The van der Waals surface area contributed by atoms with Crippen molar-refractivity contribution >= 4 is 0 Å². The first kappa shape index (κ1) is 12.1. The van der Waals surface area contributed by atoms with E-state index >= 15 is 0 Å². The van der Waals surface area contributed by atoms with Crippen LogP contribution in [0.25, 0.3) is 0 Å². The average Bonchev–Trinajstić information content (AvgIpc) is 2.38. The lowest BCUT2D eigenvalue weighted by atomic mass is 9.85. The van der Waals surface area contributed by atoms with Gasteiger partial charge in [0.2, 0.25) is 0 Å². The van der Waals surface area contributed by atoms with E-state index in [2.05, 4.69) is 11.4 Å². The lowest BCUT2D eigenvalue weighted by Gasteiger charge is -2.27. The molecule has 90 valence electrons. The SMILES string of the molecule is N#CC1CCCCC1NCc1ccc(F)cc1. The molecular formula is C14H17FN2. The molecule has 0 aliphatic heterocycles. The van der Waals surface area contributed by atoms with Crippen molar-refractivity contribution in [2.45, 2.75) is 38.3 Å². The van der Waals surface area contributed by atoms with Gasteiger partial charge in [0, 0.05) is 12.6 Å². The Morgan fingerprint density at radius 2 is 1.94 bits per heavy atom. The molecule has 17 heavy (non-hydrogen) atoms. The fourth-order valence-corrected chi connectivity index (χ4v) is 2.38. The van der Waals surface area contributed by atoms with Crippen molar-refractivity contribution in [3.05, 3.63) is 35.6 Å². The van der Waals surface area contributed by atoms with E-state index in [1.807, 2.05) is 0 Å². The molecule has 2 unspecified atom stereocenters. The second kappa shape index (κ2) is 5.79. The highest BCUT2D eigenvalue weighted by atomic mass is 19.1. The van der Waals surface area contributed by atoms with Gasteiger partial charge in [-0.25, -0.2) is 4.39 Å². The van der Waals surface area contributed by atoms with Crippen LogP contribution in [0.1, 0.15) is 31.2 Å². The number of hydrogen-bond acceptors (Lipinski definition) is 2. The van der Waals surface area contributed by atoms with E-state index in [-0.39, 0.29) is 11.7 Å². The van der Waals surface area contributed by atoms with Gasteiger partial charge < -0.3 is 5.32 Å². The summed E-state index contributed by atoms with van der Waals surface area (Å²) >= 11 is 0. The van der Waals surface area contributed by atoms with Crippen LogP contribution in [0, 0.1) is 23.1 Å². The third-order valence-corrected chi connectivity index (χ3v) is 3.41. The third-order valence-electron chi connectivity index (χ3n) is 3.41. The van der Waals surface area contributed by atoms with Crippen molar-refractivity contribution in [2.75, 3.05) is 0 Å². The highest BCUT2D eigenvalue weighted by Crippen LogP contribution is 2.24. The molecule has 1 aliphatic carbocycles. The molecule has 0 spiro atoms. The average molecular weight is 232 g/mol. The normalized spacial score (nSPS) is 24.2. The Labute approximate surface area is 101 Å². The summed E-state index contributed by atoms with van der Waals surface area (Å²) in [6.07, 6.45) is 4.42. The first-order chi connectivity index (χ1) is 8.29. The van der Waals surface area contributed by atoms with E-state index in [0.29, 0.717) is 12.6 Å². The van der Waals surface area contributed by atoms with Gasteiger partial charge in [0.25, 0.3) is 0 Å². The van der Waals surface area contributed by atoms with Crippen molar-refractivity contribution < 1.29 is 4.39 Å². The predicted octanol–water partition coefficient (Wildman–Crippen LogP) is 3.00. The zero-order valence-electron chi connectivity index (χ0n) is 9.82. The zero-order valence-corrected chi connectivity index (χ0v) is 9.82. The highest BCUT2D eigenvalue weighted by Gasteiger charge is 2.23. The van der Waals surface area contributed by atoms with Crippen LogP contribution in [-0.4, -0.2) is 6.04 Å². The van der Waals surface area contributed by atoms with Crippen molar-refractivity contribution in [2.24, 2.45) is 5.92 Å². The van der Waals surface area contributed by atoms with E-state index in [9.17, 15) is 4.39 Å². The topological polar surface area (TPSA) is 35.8 Å². The van der Waals surface area contributed by atoms with Gasteiger partial charge in [-0.1, -0.05) is 25.0 Å². The number of hydrogen-bond donors (Lipinski definition) is 1. The van der Waals surface area contributed by atoms with Gasteiger partial charge in [-0.3, -0.25) is 0 Å². The highest BCUT2D eigenvalue weighted by molar-refractivity contribution is 5.16. The summed E-state index contributed by atoms with van der Waals surface area (Å²) in [5.74, 6) is -0.0782. The van der Waals surface area contributed by atoms with E-state index in [4.69, 9.17) is 5.26 Å². The smallest absolute Gasteiger partial charge is 0.123 e. The molecule has 1 N–H and O–H groups in total. The van der Waals surface area contributed by atoms with Gasteiger partial charge in [-0.05, 0) is 30.5 Å². The molecule has 2 atom stereocenters. The Hall–Kier alpha value is -1.40. The Morgan fingerprint density at radius 3 is 2.65 bits per heavy atom. The minimum atomic E-state index is -0.207. The van der Waals surface area contributed by atoms with Crippen LogP contribution in [0.3, 0.4) is 0 Å². The fraction of sp³-hybridized carbons (Fsp3) is 0.500. The van der Waals surface area contributed by atoms with E-state index < -0.39 is 0 Å². The van der Waals surface area contributed by atoms with Crippen molar-refractivity contribution in [3.8, 4) is 6.07 Å². The number of halogens is 1. The maximum absolute atomic E-state index is 12.7. The molecule has 0 saturated heterocycles. The maximum atomic E-state index is 12.7. The van der Waals surface area contributed by atoms with Gasteiger partial charge in [-0.15, -0.1) is 0 Å².